The number of rotatable bonds is 4. The fourth-order valence-electron chi connectivity index (χ4n) is 3.86. The molecule has 0 atom stereocenters. The molecule has 154 valence electrons. The SMILES string of the molecule is Cc1ccc(-c2ccccc2CN2CCN(C(=O)c3ccccc3Cl)CC2)cc1Cl. The smallest absolute Gasteiger partial charge is 0.255 e. The highest BCUT2D eigenvalue weighted by Crippen LogP contribution is 2.29. The third kappa shape index (κ3) is 4.54. The van der Waals surface area contributed by atoms with Gasteiger partial charge in [-0.3, -0.25) is 9.69 Å². The van der Waals surface area contributed by atoms with Crippen molar-refractivity contribution in [1.82, 2.24) is 9.80 Å². The summed E-state index contributed by atoms with van der Waals surface area (Å²) >= 11 is 12.6. The quantitative estimate of drug-likeness (QED) is 0.503. The Labute approximate surface area is 187 Å². The van der Waals surface area contributed by atoms with E-state index in [2.05, 4.69) is 41.3 Å². The molecule has 3 nitrogen and oxygen atoms in total. The molecule has 0 saturated carbocycles. The molecule has 0 bridgehead atoms. The maximum atomic E-state index is 12.8. The number of carbonyl (C=O) groups excluding carboxylic acids is 1. The first-order valence-corrected chi connectivity index (χ1v) is 10.9. The predicted molar refractivity (Wildman–Crippen MR) is 124 cm³/mol. The number of hydrogen-bond acceptors (Lipinski definition) is 2. The molecular weight excluding hydrogens is 415 g/mol. The Morgan fingerprint density at radius 3 is 2.30 bits per heavy atom. The molecule has 0 unspecified atom stereocenters. The first-order valence-electron chi connectivity index (χ1n) is 10.1. The molecule has 1 saturated heterocycles. The van der Waals surface area contributed by atoms with Gasteiger partial charge < -0.3 is 4.90 Å². The molecule has 1 amide bonds. The van der Waals surface area contributed by atoms with Crippen LogP contribution in [0.2, 0.25) is 10.0 Å². The Morgan fingerprint density at radius 2 is 1.57 bits per heavy atom. The van der Waals surface area contributed by atoms with Crippen LogP contribution in [0.4, 0.5) is 0 Å². The number of aryl methyl sites for hydroxylation is 1. The Hall–Kier alpha value is -2.33. The van der Waals surface area contributed by atoms with Gasteiger partial charge in [0.15, 0.2) is 0 Å². The van der Waals surface area contributed by atoms with Crippen LogP contribution in [0.3, 0.4) is 0 Å². The second kappa shape index (κ2) is 9.22. The molecule has 4 rings (SSSR count). The van der Waals surface area contributed by atoms with Crippen molar-refractivity contribution >= 4 is 29.1 Å². The average molecular weight is 439 g/mol. The largest absolute Gasteiger partial charge is 0.336 e. The van der Waals surface area contributed by atoms with Crippen molar-refractivity contribution in [1.29, 1.82) is 0 Å². The van der Waals surface area contributed by atoms with Crippen LogP contribution in [0.5, 0.6) is 0 Å². The van der Waals surface area contributed by atoms with E-state index in [1.807, 2.05) is 30.0 Å². The summed E-state index contributed by atoms with van der Waals surface area (Å²) in [6.45, 7) is 5.92. The summed E-state index contributed by atoms with van der Waals surface area (Å²) in [4.78, 5) is 17.1. The molecule has 30 heavy (non-hydrogen) atoms. The number of benzene rings is 3. The molecule has 1 aliphatic heterocycles. The van der Waals surface area contributed by atoms with E-state index in [0.29, 0.717) is 23.7 Å². The van der Waals surface area contributed by atoms with Crippen LogP contribution in [0.1, 0.15) is 21.5 Å². The Bertz CT molecular complexity index is 1060. The number of amides is 1. The van der Waals surface area contributed by atoms with E-state index in [9.17, 15) is 4.79 Å². The molecule has 0 aliphatic carbocycles. The summed E-state index contributed by atoms with van der Waals surface area (Å²) in [6.07, 6.45) is 0. The van der Waals surface area contributed by atoms with E-state index < -0.39 is 0 Å². The lowest BCUT2D eigenvalue weighted by atomic mass is 9.98. The number of carbonyl (C=O) groups is 1. The average Bonchev–Trinajstić information content (AvgIpc) is 2.76. The van der Waals surface area contributed by atoms with Crippen LogP contribution < -0.4 is 0 Å². The molecule has 1 fully saturated rings. The second-order valence-corrected chi connectivity index (χ2v) is 8.48. The van der Waals surface area contributed by atoms with E-state index >= 15 is 0 Å². The Morgan fingerprint density at radius 1 is 0.867 bits per heavy atom. The van der Waals surface area contributed by atoms with Crippen LogP contribution in [0.15, 0.2) is 66.7 Å². The van der Waals surface area contributed by atoms with Gasteiger partial charge in [0.05, 0.1) is 10.6 Å². The van der Waals surface area contributed by atoms with Gasteiger partial charge in [-0.05, 0) is 47.4 Å². The van der Waals surface area contributed by atoms with Gasteiger partial charge in [-0.25, -0.2) is 0 Å². The molecular formula is C25H24Cl2N2O. The van der Waals surface area contributed by atoms with Crippen molar-refractivity contribution < 1.29 is 4.79 Å². The van der Waals surface area contributed by atoms with Crippen molar-refractivity contribution in [3.63, 3.8) is 0 Å². The number of halogens is 2. The van der Waals surface area contributed by atoms with Gasteiger partial charge in [-0.1, -0.05) is 71.7 Å². The second-order valence-electron chi connectivity index (χ2n) is 7.67. The number of nitrogens with zero attached hydrogens (tertiary/aromatic N) is 2. The van der Waals surface area contributed by atoms with Crippen molar-refractivity contribution in [3.05, 3.63) is 93.5 Å². The van der Waals surface area contributed by atoms with Crippen LogP contribution >= 0.6 is 23.2 Å². The highest BCUT2D eigenvalue weighted by atomic mass is 35.5. The summed E-state index contributed by atoms with van der Waals surface area (Å²) in [5.41, 5.74) is 5.26. The van der Waals surface area contributed by atoms with Crippen LogP contribution in [0.25, 0.3) is 11.1 Å². The van der Waals surface area contributed by atoms with Crippen LogP contribution in [-0.4, -0.2) is 41.9 Å². The maximum Gasteiger partial charge on any atom is 0.255 e. The summed E-state index contributed by atoms with van der Waals surface area (Å²) in [7, 11) is 0. The molecule has 1 aliphatic rings. The number of piperazine rings is 1. The van der Waals surface area contributed by atoms with Crippen molar-refractivity contribution in [2.24, 2.45) is 0 Å². The Kier molecular flexibility index (Phi) is 6.43. The third-order valence-corrected chi connectivity index (χ3v) is 6.39. The summed E-state index contributed by atoms with van der Waals surface area (Å²) in [5.74, 6) is 0.00921. The fraction of sp³-hybridized carbons (Fsp3) is 0.240. The highest BCUT2D eigenvalue weighted by molar-refractivity contribution is 6.33. The van der Waals surface area contributed by atoms with Gasteiger partial charge in [0.2, 0.25) is 0 Å². The zero-order valence-corrected chi connectivity index (χ0v) is 18.5. The molecule has 0 N–H and O–H groups in total. The van der Waals surface area contributed by atoms with Gasteiger partial charge in [-0.15, -0.1) is 0 Å². The molecule has 1 heterocycles. The van der Waals surface area contributed by atoms with E-state index in [1.165, 1.54) is 11.1 Å². The van der Waals surface area contributed by atoms with Crippen molar-refractivity contribution in [2.75, 3.05) is 26.2 Å². The molecule has 0 radical (unpaired) electrons. The monoisotopic (exact) mass is 438 g/mol. The predicted octanol–water partition coefficient (Wildman–Crippen LogP) is 5.93. The van der Waals surface area contributed by atoms with Gasteiger partial charge in [-0.2, -0.15) is 0 Å². The first kappa shape index (κ1) is 20.9. The summed E-state index contributed by atoms with van der Waals surface area (Å²) < 4.78 is 0. The topological polar surface area (TPSA) is 23.6 Å². The summed E-state index contributed by atoms with van der Waals surface area (Å²) in [6, 6.07) is 21.9. The lowest BCUT2D eigenvalue weighted by Gasteiger charge is -2.35. The normalized spacial score (nSPS) is 14.7. The minimum atomic E-state index is 0.00921. The van der Waals surface area contributed by atoms with E-state index in [0.717, 1.165) is 35.8 Å². The zero-order chi connectivity index (χ0) is 21.1. The minimum Gasteiger partial charge on any atom is -0.336 e. The molecule has 3 aromatic carbocycles. The zero-order valence-electron chi connectivity index (χ0n) is 16.9. The minimum absolute atomic E-state index is 0.00921. The third-order valence-electron chi connectivity index (χ3n) is 5.66. The van der Waals surface area contributed by atoms with Gasteiger partial charge in [0.25, 0.3) is 5.91 Å². The van der Waals surface area contributed by atoms with E-state index in [1.54, 1.807) is 12.1 Å². The molecule has 3 aromatic rings. The van der Waals surface area contributed by atoms with E-state index in [4.69, 9.17) is 23.2 Å². The van der Waals surface area contributed by atoms with Gasteiger partial charge >= 0.3 is 0 Å². The van der Waals surface area contributed by atoms with Gasteiger partial charge in [0.1, 0.15) is 0 Å². The number of hydrogen-bond donors (Lipinski definition) is 0. The maximum absolute atomic E-state index is 12.8. The highest BCUT2D eigenvalue weighted by Gasteiger charge is 2.24. The van der Waals surface area contributed by atoms with Gasteiger partial charge in [0, 0.05) is 37.7 Å². The molecule has 5 heteroatoms. The fourth-order valence-corrected chi connectivity index (χ4v) is 4.25. The van der Waals surface area contributed by atoms with Crippen molar-refractivity contribution in [3.8, 4) is 11.1 Å². The lowest BCUT2D eigenvalue weighted by molar-refractivity contribution is 0.0629. The van der Waals surface area contributed by atoms with E-state index in [-0.39, 0.29) is 5.91 Å². The molecule has 0 spiro atoms. The summed E-state index contributed by atoms with van der Waals surface area (Å²) in [5, 5.41) is 1.30. The van der Waals surface area contributed by atoms with Crippen LogP contribution in [-0.2, 0) is 6.54 Å². The first-order chi connectivity index (χ1) is 14.5. The molecule has 0 aromatic heterocycles. The van der Waals surface area contributed by atoms with Crippen LogP contribution in [0, 0.1) is 6.92 Å². The lowest BCUT2D eigenvalue weighted by Crippen LogP contribution is -2.48. The Balaban J connectivity index is 1.44. The standard InChI is InChI=1S/C25H24Cl2N2O/c1-18-10-11-19(16-24(18)27)21-7-3-2-6-20(21)17-28-12-14-29(15-13-28)25(30)22-8-4-5-9-23(22)26/h2-11,16H,12-15,17H2,1H3. The van der Waals surface area contributed by atoms with Crippen molar-refractivity contribution in [2.45, 2.75) is 13.5 Å².